The average molecular weight is 337 g/mol. The van der Waals surface area contributed by atoms with Gasteiger partial charge in [-0.25, -0.2) is 0 Å². The lowest BCUT2D eigenvalue weighted by Crippen LogP contribution is -2.50. The fourth-order valence-corrected chi connectivity index (χ4v) is 3.78. The molecule has 1 N–H and O–H groups in total. The number of halogens is 1. The highest BCUT2D eigenvalue weighted by Crippen LogP contribution is 2.31. The molecule has 0 bridgehead atoms. The van der Waals surface area contributed by atoms with Gasteiger partial charge in [0.05, 0.1) is 5.92 Å². The Labute approximate surface area is 143 Å². The van der Waals surface area contributed by atoms with Crippen molar-refractivity contribution in [3.8, 4) is 5.75 Å². The number of hydrogen-bond acceptors (Lipinski definition) is 3. The first-order chi connectivity index (χ1) is 11.2. The minimum absolute atomic E-state index is 0.0950. The highest BCUT2D eigenvalue weighted by atomic mass is 35.5. The van der Waals surface area contributed by atoms with E-state index in [9.17, 15) is 4.79 Å². The van der Waals surface area contributed by atoms with E-state index in [1.165, 1.54) is 0 Å². The van der Waals surface area contributed by atoms with E-state index in [1.807, 2.05) is 18.2 Å². The van der Waals surface area contributed by atoms with Crippen LogP contribution in [0, 0.1) is 5.92 Å². The van der Waals surface area contributed by atoms with Crippen molar-refractivity contribution in [3.05, 3.63) is 28.8 Å². The Balaban J connectivity index is 1.72. The monoisotopic (exact) mass is 336 g/mol. The highest BCUT2D eigenvalue weighted by molar-refractivity contribution is 6.30. The summed E-state index contributed by atoms with van der Waals surface area (Å²) in [6.07, 6.45) is 3.80. The van der Waals surface area contributed by atoms with Gasteiger partial charge in [-0.05, 0) is 62.5 Å². The second-order valence-electron chi connectivity index (χ2n) is 6.48. The smallest absolute Gasteiger partial charge is 0.229 e. The summed E-state index contributed by atoms with van der Waals surface area (Å²) in [6.45, 7) is 5.43. The van der Waals surface area contributed by atoms with Gasteiger partial charge in [-0.2, -0.15) is 0 Å². The molecule has 3 rings (SSSR count). The van der Waals surface area contributed by atoms with E-state index >= 15 is 0 Å². The Bertz CT molecular complexity index is 558. The highest BCUT2D eigenvalue weighted by Gasteiger charge is 2.33. The van der Waals surface area contributed by atoms with Gasteiger partial charge in [0.15, 0.2) is 0 Å². The summed E-state index contributed by atoms with van der Waals surface area (Å²) in [5.74, 6) is 1.01. The van der Waals surface area contributed by atoms with Crippen molar-refractivity contribution >= 4 is 17.5 Å². The molecule has 5 heteroatoms. The Kier molecular flexibility index (Phi) is 5.44. The lowest BCUT2D eigenvalue weighted by Gasteiger charge is -2.37. The number of benzene rings is 1. The van der Waals surface area contributed by atoms with Crippen LogP contribution >= 0.6 is 11.6 Å². The van der Waals surface area contributed by atoms with Gasteiger partial charge in [0.1, 0.15) is 12.4 Å². The quantitative estimate of drug-likeness (QED) is 0.919. The fourth-order valence-electron chi connectivity index (χ4n) is 3.59. The molecule has 1 saturated heterocycles. The third-order valence-corrected chi connectivity index (χ3v) is 5.01. The number of hydrogen-bond donors (Lipinski definition) is 1. The summed E-state index contributed by atoms with van der Waals surface area (Å²) in [5, 5.41) is 4.07. The number of nitrogens with one attached hydrogen (secondary N) is 1. The van der Waals surface area contributed by atoms with Gasteiger partial charge >= 0.3 is 0 Å². The van der Waals surface area contributed by atoms with Crippen LogP contribution in [0.5, 0.6) is 5.75 Å². The molecule has 2 aliphatic rings. The standard InChI is InChI=1S/C18H25ClN2O2/c1-2-9-21(16-5-7-20-8-6-16)18(22)14-10-13-11-15(19)3-4-17(13)23-12-14/h3-4,11,14,16,20H,2,5-10,12H2,1H3. The SMILES string of the molecule is CCCN(C(=O)C1COc2ccc(Cl)cc2C1)C1CCNCC1. The molecular weight excluding hydrogens is 312 g/mol. The zero-order valence-electron chi connectivity index (χ0n) is 13.7. The van der Waals surface area contributed by atoms with Crippen LogP contribution in [0.1, 0.15) is 31.7 Å². The predicted molar refractivity (Wildman–Crippen MR) is 92.0 cm³/mol. The number of nitrogens with zero attached hydrogens (tertiary/aromatic N) is 1. The number of fused-ring (bicyclic) bond motifs is 1. The molecule has 4 nitrogen and oxygen atoms in total. The van der Waals surface area contributed by atoms with E-state index in [0.717, 1.165) is 56.6 Å². The normalized spacial score (nSPS) is 21.4. The maximum atomic E-state index is 13.1. The molecule has 0 aliphatic carbocycles. The van der Waals surface area contributed by atoms with Gasteiger partial charge in [-0.3, -0.25) is 4.79 Å². The Hall–Kier alpha value is -1.26. The van der Waals surface area contributed by atoms with Crippen molar-refractivity contribution in [1.29, 1.82) is 0 Å². The summed E-state index contributed by atoms with van der Waals surface area (Å²) >= 11 is 6.08. The second-order valence-corrected chi connectivity index (χ2v) is 6.91. The summed E-state index contributed by atoms with van der Waals surface area (Å²) < 4.78 is 5.81. The number of carbonyl (C=O) groups is 1. The number of piperidine rings is 1. The van der Waals surface area contributed by atoms with Crippen molar-refractivity contribution in [2.75, 3.05) is 26.2 Å². The van der Waals surface area contributed by atoms with Crippen LogP contribution in [-0.4, -0.2) is 43.1 Å². The van der Waals surface area contributed by atoms with Crippen LogP contribution in [0.2, 0.25) is 5.02 Å². The van der Waals surface area contributed by atoms with E-state index < -0.39 is 0 Å². The lowest BCUT2D eigenvalue weighted by atomic mass is 9.93. The third-order valence-electron chi connectivity index (χ3n) is 4.78. The van der Waals surface area contributed by atoms with Crippen LogP contribution in [0.4, 0.5) is 0 Å². The largest absolute Gasteiger partial charge is 0.492 e. The molecular formula is C18H25ClN2O2. The van der Waals surface area contributed by atoms with Crippen LogP contribution < -0.4 is 10.1 Å². The van der Waals surface area contributed by atoms with Gasteiger partial charge in [0.25, 0.3) is 0 Å². The second kappa shape index (κ2) is 7.54. The molecule has 0 saturated carbocycles. The summed E-state index contributed by atoms with van der Waals surface area (Å²) in [4.78, 5) is 15.2. The fraction of sp³-hybridized carbons (Fsp3) is 0.611. The molecule has 0 aromatic heterocycles. The van der Waals surface area contributed by atoms with E-state index in [0.29, 0.717) is 17.7 Å². The topological polar surface area (TPSA) is 41.6 Å². The first kappa shape index (κ1) is 16.6. The molecule has 0 radical (unpaired) electrons. The van der Waals surface area contributed by atoms with Gasteiger partial charge < -0.3 is 15.0 Å². The first-order valence-corrected chi connectivity index (χ1v) is 8.99. The van der Waals surface area contributed by atoms with Crippen molar-refractivity contribution in [1.82, 2.24) is 10.2 Å². The van der Waals surface area contributed by atoms with Gasteiger partial charge in [0.2, 0.25) is 5.91 Å². The first-order valence-electron chi connectivity index (χ1n) is 8.61. The molecule has 1 atom stereocenters. The van der Waals surface area contributed by atoms with E-state index in [4.69, 9.17) is 16.3 Å². The summed E-state index contributed by atoms with van der Waals surface area (Å²) in [6, 6.07) is 6.02. The van der Waals surface area contributed by atoms with E-state index in [1.54, 1.807) is 0 Å². The Morgan fingerprint density at radius 1 is 1.39 bits per heavy atom. The van der Waals surface area contributed by atoms with Crippen LogP contribution in [0.25, 0.3) is 0 Å². The maximum absolute atomic E-state index is 13.1. The number of ether oxygens (including phenoxy) is 1. The molecule has 1 aromatic carbocycles. The van der Waals surface area contributed by atoms with Crippen molar-refractivity contribution in [2.24, 2.45) is 5.92 Å². The van der Waals surface area contributed by atoms with Crippen molar-refractivity contribution < 1.29 is 9.53 Å². The van der Waals surface area contributed by atoms with Gasteiger partial charge in [-0.1, -0.05) is 18.5 Å². The van der Waals surface area contributed by atoms with E-state index in [2.05, 4.69) is 17.1 Å². The van der Waals surface area contributed by atoms with Crippen LogP contribution in [-0.2, 0) is 11.2 Å². The number of carbonyl (C=O) groups excluding carboxylic acids is 1. The zero-order chi connectivity index (χ0) is 16.2. The van der Waals surface area contributed by atoms with Gasteiger partial charge in [0, 0.05) is 17.6 Å². The van der Waals surface area contributed by atoms with E-state index in [-0.39, 0.29) is 11.8 Å². The molecule has 2 aliphatic heterocycles. The molecule has 1 aromatic rings. The van der Waals surface area contributed by atoms with Crippen LogP contribution in [0.3, 0.4) is 0 Å². The Morgan fingerprint density at radius 3 is 2.91 bits per heavy atom. The predicted octanol–water partition coefficient (Wildman–Crippen LogP) is 2.88. The van der Waals surface area contributed by atoms with Crippen LogP contribution in [0.15, 0.2) is 18.2 Å². The molecule has 0 spiro atoms. The number of rotatable bonds is 4. The molecule has 1 fully saturated rings. The summed E-state index contributed by atoms with van der Waals surface area (Å²) in [5.41, 5.74) is 1.05. The molecule has 1 unspecified atom stereocenters. The lowest BCUT2D eigenvalue weighted by molar-refractivity contribution is -0.140. The maximum Gasteiger partial charge on any atom is 0.229 e. The van der Waals surface area contributed by atoms with Crippen molar-refractivity contribution in [3.63, 3.8) is 0 Å². The molecule has 126 valence electrons. The Morgan fingerprint density at radius 2 is 2.17 bits per heavy atom. The van der Waals surface area contributed by atoms with Gasteiger partial charge in [-0.15, -0.1) is 0 Å². The molecule has 23 heavy (non-hydrogen) atoms. The molecule has 1 amide bonds. The minimum atomic E-state index is -0.0950. The summed E-state index contributed by atoms with van der Waals surface area (Å²) in [7, 11) is 0. The average Bonchev–Trinajstić information content (AvgIpc) is 2.59. The third kappa shape index (κ3) is 3.81. The number of amides is 1. The van der Waals surface area contributed by atoms with Crippen molar-refractivity contribution in [2.45, 2.75) is 38.6 Å². The molecule has 2 heterocycles. The zero-order valence-corrected chi connectivity index (χ0v) is 14.4. The minimum Gasteiger partial charge on any atom is -0.492 e.